The average Bonchev–Trinajstić information content (AvgIpc) is 3.30. The quantitative estimate of drug-likeness (QED) is 0.208. The van der Waals surface area contributed by atoms with Crippen LogP contribution < -0.4 is 9.64 Å². The third-order valence-corrected chi connectivity index (χ3v) is 7.09. The van der Waals surface area contributed by atoms with E-state index in [1.807, 2.05) is 32.9 Å². The Kier molecular flexibility index (Phi) is 8.84. The summed E-state index contributed by atoms with van der Waals surface area (Å²) in [6, 6.07) is 13.8. The van der Waals surface area contributed by atoms with E-state index in [9.17, 15) is 18.0 Å². The zero-order valence-corrected chi connectivity index (χ0v) is 24.1. The molecule has 3 aromatic carbocycles. The summed E-state index contributed by atoms with van der Waals surface area (Å²) in [5.41, 5.74) is 1.90. The first-order chi connectivity index (χ1) is 19.3. The predicted octanol–water partition coefficient (Wildman–Crippen LogP) is 7.94. The Balaban J connectivity index is 1.55. The number of hydrogen-bond donors (Lipinski definition) is 1. The van der Waals surface area contributed by atoms with Crippen LogP contribution in [0.3, 0.4) is 0 Å². The molecule has 1 heterocycles. The molecule has 0 aliphatic carbocycles. The Morgan fingerprint density at radius 1 is 1.10 bits per heavy atom. The molecule has 0 fully saturated rings. The Labute approximate surface area is 245 Å². The van der Waals surface area contributed by atoms with Gasteiger partial charge in [0.15, 0.2) is 0 Å². The molecule has 4 rings (SSSR count). The van der Waals surface area contributed by atoms with Crippen molar-refractivity contribution >= 4 is 34.9 Å². The number of rotatable bonds is 9. The van der Waals surface area contributed by atoms with Gasteiger partial charge in [-0.15, -0.1) is 5.10 Å². The van der Waals surface area contributed by atoms with Gasteiger partial charge in [-0.25, -0.2) is 9.48 Å². The molecular formula is C29H27Cl2F3N4O3. The van der Waals surface area contributed by atoms with E-state index < -0.39 is 23.3 Å². The summed E-state index contributed by atoms with van der Waals surface area (Å²) in [6.45, 7) is 6.11. The van der Waals surface area contributed by atoms with Crippen LogP contribution >= 0.6 is 23.2 Å². The van der Waals surface area contributed by atoms with Crippen LogP contribution in [0.4, 0.5) is 18.9 Å². The number of aryl methyl sites for hydroxylation is 1. The molecule has 0 spiro atoms. The van der Waals surface area contributed by atoms with E-state index in [1.165, 1.54) is 6.07 Å². The van der Waals surface area contributed by atoms with E-state index in [0.717, 1.165) is 29.1 Å². The van der Waals surface area contributed by atoms with Crippen LogP contribution in [0, 0.1) is 6.92 Å². The number of hydrogen-bond acceptors (Lipinski definition) is 5. The van der Waals surface area contributed by atoms with Crippen LogP contribution in [0.15, 0.2) is 54.6 Å². The van der Waals surface area contributed by atoms with Gasteiger partial charge in [0.1, 0.15) is 23.7 Å². The van der Waals surface area contributed by atoms with Crippen molar-refractivity contribution in [1.82, 2.24) is 15.0 Å². The maximum absolute atomic E-state index is 13.4. The maximum Gasteiger partial charge on any atom is 0.417 e. The molecule has 216 valence electrons. The normalized spacial score (nSPS) is 11.7. The lowest BCUT2D eigenvalue weighted by atomic mass is 10.0. The highest BCUT2D eigenvalue weighted by molar-refractivity contribution is 6.37. The van der Waals surface area contributed by atoms with E-state index in [-0.39, 0.29) is 19.1 Å². The second kappa shape index (κ2) is 12.0. The number of para-hydroxylation sites is 1. The van der Waals surface area contributed by atoms with Gasteiger partial charge in [-0.2, -0.15) is 13.2 Å². The highest BCUT2D eigenvalue weighted by atomic mass is 35.5. The monoisotopic (exact) mass is 606 g/mol. The standard InChI is InChI=1S/C29H27Cl2F3N4O3/c1-16(2)26-25(38(36-35-26)27-22(30)6-5-7-23(27)31)15-41-19-9-11-24(17(3)12-19)37(4)14-18-8-10-20(28(39)40)21(13-18)29(32,33)34/h5-13,16H,14-15H2,1-4H3,(H,39,40). The molecule has 0 saturated heterocycles. The summed E-state index contributed by atoms with van der Waals surface area (Å²) in [7, 11) is 1.74. The number of alkyl halides is 3. The lowest BCUT2D eigenvalue weighted by molar-refractivity contribution is -0.138. The SMILES string of the molecule is Cc1cc(OCc2c(C(C)C)nnn2-c2c(Cl)cccc2Cl)ccc1N(C)Cc1ccc(C(=O)O)c(C(F)(F)F)c1. The number of ether oxygens (including phenoxy) is 1. The highest BCUT2D eigenvalue weighted by Gasteiger charge is 2.35. The molecule has 0 unspecified atom stereocenters. The molecular weight excluding hydrogens is 580 g/mol. The minimum absolute atomic E-state index is 0.0591. The Hall–Kier alpha value is -3.76. The summed E-state index contributed by atoms with van der Waals surface area (Å²) >= 11 is 12.8. The van der Waals surface area contributed by atoms with Crippen molar-refractivity contribution in [3.63, 3.8) is 0 Å². The number of aromatic carboxylic acids is 1. The van der Waals surface area contributed by atoms with Crippen LogP contribution in [0.2, 0.25) is 10.0 Å². The maximum atomic E-state index is 13.4. The molecule has 0 atom stereocenters. The van der Waals surface area contributed by atoms with Gasteiger partial charge in [-0.1, -0.05) is 54.4 Å². The first-order valence-electron chi connectivity index (χ1n) is 12.5. The topological polar surface area (TPSA) is 80.5 Å². The van der Waals surface area contributed by atoms with Crippen molar-refractivity contribution in [3.8, 4) is 11.4 Å². The lowest BCUT2D eigenvalue weighted by Crippen LogP contribution is -2.19. The Morgan fingerprint density at radius 2 is 1.78 bits per heavy atom. The summed E-state index contributed by atoms with van der Waals surface area (Å²) in [4.78, 5) is 13.0. The summed E-state index contributed by atoms with van der Waals surface area (Å²) in [6.07, 6.45) is -4.78. The molecule has 0 aliphatic rings. The number of halogens is 5. The number of benzene rings is 3. The number of carboxylic acid groups (broad SMARTS) is 1. The zero-order chi connectivity index (χ0) is 30.1. The van der Waals surface area contributed by atoms with Gasteiger partial charge in [0, 0.05) is 19.3 Å². The fourth-order valence-corrected chi connectivity index (χ4v) is 5.09. The number of nitrogens with zero attached hydrogens (tertiary/aromatic N) is 4. The van der Waals surface area contributed by atoms with Gasteiger partial charge < -0.3 is 14.7 Å². The number of aromatic nitrogens is 3. The van der Waals surface area contributed by atoms with Crippen LogP contribution in [0.1, 0.15) is 58.2 Å². The fraction of sp³-hybridized carbons (Fsp3) is 0.276. The molecule has 0 amide bonds. The van der Waals surface area contributed by atoms with Crippen LogP contribution in [0.25, 0.3) is 5.69 Å². The third kappa shape index (κ3) is 6.60. The van der Waals surface area contributed by atoms with Gasteiger partial charge in [0.2, 0.25) is 0 Å². The first kappa shape index (κ1) is 30.2. The molecule has 0 bridgehead atoms. The van der Waals surface area contributed by atoms with Crippen molar-refractivity contribution in [2.75, 3.05) is 11.9 Å². The fourth-order valence-electron chi connectivity index (χ4n) is 4.54. The molecule has 12 heteroatoms. The predicted molar refractivity (Wildman–Crippen MR) is 151 cm³/mol. The van der Waals surface area contributed by atoms with E-state index >= 15 is 0 Å². The van der Waals surface area contributed by atoms with Gasteiger partial charge >= 0.3 is 12.1 Å². The van der Waals surface area contributed by atoms with Crippen LogP contribution in [0.5, 0.6) is 5.75 Å². The minimum Gasteiger partial charge on any atom is -0.487 e. The second-order valence-electron chi connectivity index (χ2n) is 9.83. The van der Waals surface area contributed by atoms with E-state index in [2.05, 4.69) is 10.3 Å². The number of carbonyl (C=O) groups is 1. The molecule has 0 saturated carbocycles. The Bertz CT molecular complexity index is 1570. The smallest absolute Gasteiger partial charge is 0.417 e. The Morgan fingerprint density at radius 3 is 2.37 bits per heavy atom. The molecule has 0 radical (unpaired) electrons. The van der Waals surface area contributed by atoms with Gasteiger partial charge in [0.25, 0.3) is 0 Å². The molecule has 1 N–H and O–H groups in total. The minimum atomic E-state index is -4.78. The molecule has 41 heavy (non-hydrogen) atoms. The zero-order valence-electron chi connectivity index (χ0n) is 22.6. The number of carboxylic acids is 1. The van der Waals surface area contributed by atoms with Crippen molar-refractivity contribution in [1.29, 1.82) is 0 Å². The van der Waals surface area contributed by atoms with Gasteiger partial charge in [-0.05, 0) is 66.4 Å². The summed E-state index contributed by atoms with van der Waals surface area (Å²) in [5.74, 6) is -1.00. The summed E-state index contributed by atoms with van der Waals surface area (Å²) < 4.78 is 48.0. The van der Waals surface area contributed by atoms with E-state index in [1.54, 1.807) is 40.9 Å². The lowest BCUT2D eigenvalue weighted by Gasteiger charge is -2.23. The molecule has 7 nitrogen and oxygen atoms in total. The van der Waals surface area contributed by atoms with Crippen LogP contribution in [-0.4, -0.2) is 33.1 Å². The van der Waals surface area contributed by atoms with Gasteiger partial charge in [-0.3, -0.25) is 0 Å². The van der Waals surface area contributed by atoms with Gasteiger partial charge in [0.05, 0.1) is 26.9 Å². The second-order valence-corrected chi connectivity index (χ2v) is 10.6. The van der Waals surface area contributed by atoms with E-state index in [0.29, 0.717) is 32.7 Å². The molecule has 4 aromatic rings. The molecule has 1 aromatic heterocycles. The van der Waals surface area contributed by atoms with E-state index in [4.69, 9.17) is 33.0 Å². The third-order valence-electron chi connectivity index (χ3n) is 6.48. The average molecular weight is 607 g/mol. The highest BCUT2D eigenvalue weighted by Crippen LogP contribution is 2.34. The van der Waals surface area contributed by atoms with Crippen molar-refractivity contribution in [2.24, 2.45) is 0 Å². The van der Waals surface area contributed by atoms with Crippen molar-refractivity contribution < 1.29 is 27.8 Å². The van der Waals surface area contributed by atoms with Crippen molar-refractivity contribution in [2.45, 2.75) is 46.0 Å². The first-order valence-corrected chi connectivity index (χ1v) is 13.3. The summed E-state index contributed by atoms with van der Waals surface area (Å²) in [5, 5.41) is 18.6. The number of anilines is 1. The van der Waals surface area contributed by atoms with Crippen molar-refractivity contribution in [3.05, 3.63) is 98.3 Å². The van der Waals surface area contributed by atoms with Crippen LogP contribution in [-0.2, 0) is 19.3 Å². The largest absolute Gasteiger partial charge is 0.487 e. The molecule has 0 aliphatic heterocycles.